The molecule has 1 amide bonds. The van der Waals surface area contributed by atoms with Crippen molar-refractivity contribution in [2.45, 2.75) is 35.6 Å². The van der Waals surface area contributed by atoms with Crippen LogP contribution in [-0.4, -0.2) is 81.0 Å². The molecule has 35 heavy (non-hydrogen) atoms. The van der Waals surface area contributed by atoms with Crippen LogP contribution in [0.1, 0.15) is 12.8 Å². The Labute approximate surface area is 197 Å². The summed E-state index contributed by atoms with van der Waals surface area (Å²) in [5.74, 6) is -0.725. The third-order valence-electron chi connectivity index (χ3n) is 5.57. The molecule has 0 radical (unpaired) electrons. The SMILES string of the molecule is O=C(O[C@H](COP(=O)([O-])[O-])C(F)(F)F)N1CCC2(CC1)CN(S(=O)(=O)c1cccc(F)c1)CCO2. The van der Waals surface area contributed by atoms with E-state index in [1.54, 1.807) is 0 Å². The summed E-state index contributed by atoms with van der Waals surface area (Å²) in [5, 5.41) is 0. The van der Waals surface area contributed by atoms with Gasteiger partial charge in [-0.25, -0.2) is 17.6 Å². The van der Waals surface area contributed by atoms with Gasteiger partial charge in [-0.15, -0.1) is 0 Å². The molecule has 0 aliphatic carbocycles. The van der Waals surface area contributed by atoms with E-state index in [1.165, 1.54) is 12.1 Å². The minimum atomic E-state index is -5.73. The molecule has 2 saturated heterocycles. The summed E-state index contributed by atoms with van der Waals surface area (Å²) in [6, 6.07) is 4.49. The number of benzene rings is 1. The summed E-state index contributed by atoms with van der Waals surface area (Å²) in [5.41, 5.74) is -1.03. The lowest BCUT2D eigenvalue weighted by molar-refractivity contribution is -0.344. The zero-order valence-electron chi connectivity index (χ0n) is 18.0. The maximum Gasteiger partial charge on any atom is 0.427 e. The molecule has 3 rings (SSSR count). The summed E-state index contributed by atoms with van der Waals surface area (Å²) >= 11 is 0. The van der Waals surface area contributed by atoms with E-state index in [4.69, 9.17) is 4.74 Å². The van der Waals surface area contributed by atoms with E-state index in [1.807, 2.05) is 0 Å². The molecule has 1 aromatic carbocycles. The second-order valence-corrected chi connectivity index (χ2v) is 11.1. The van der Waals surface area contributed by atoms with E-state index in [0.717, 1.165) is 21.3 Å². The first-order valence-electron chi connectivity index (χ1n) is 10.2. The Morgan fingerprint density at radius 3 is 2.46 bits per heavy atom. The van der Waals surface area contributed by atoms with Gasteiger partial charge in [0.05, 0.1) is 31.5 Å². The number of likely N-dealkylation sites (tertiary alicyclic amines) is 1. The van der Waals surface area contributed by atoms with E-state index >= 15 is 0 Å². The Bertz CT molecular complexity index is 1070. The fourth-order valence-electron chi connectivity index (χ4n) is 3.74. The Morgan fingerprint density at radius 1 is 1.23 bits per heavy atom. The lowest BCUT2D eigenvalue weighted by atomic mass is 9.90. The molecule has 0 unspecified atom stereocenters. The summed E-state index contributed by atoms with van der Waals surface area (Å²) < 4.78 is 104. The van der Waals surface area contributed by atoms with Crippen LogP contribution in [0, 0.1) is 5.82 Å². The number of carbonyl (C=O) groups excluding carboxylic acids is 1. The van der Waals surface area contributed by atoms with Crippen LogP contribution < -0.4 is 9.79 Å². The quantitative estimate of drug-likeness (QED) is 0.368. The van der Waals surface area contributed by atoms with Gasteiger partial charge in [0, 0.05) is 26.2 Å². The van der Waals surface area contributed by atoms with Gasteiger partial charge in [0.2, 0.25) is 16.1 Å². The number of alkyl halides is 3. The third kappa shape index (κ3) is 7.12. The maximum atomic E-state index is 13.5. The molecular weight excluding hydrogens is 527 g/mol. The average Bonchev–Trinajstić information content (AvgIpc) is 2.75. The largest absolute Gasteiger partial charge is 0.790 e. The lowest BCUT2D eigenvalue weighted by Crippen LogP contribution is -2.58. The van der Waals surface area contributed by atoms with Crippen molar-refractivity contribution < 1.29 is 59.1 Å². The molecule has 1 aromatic rings. The number of phosphoric acid groups is 1. The molecule has 11 nitrogen and oxygen atoms in total. The molecule has 2 aliphatic rings. The van der Waals surface area contributed by atoms with Crippen molar-refractivity contribution >= 4 is 23.9 Å². The normalized spacial score (nSPS) is 20.6. The van der Waals surface area contributed by atoms with E-state index < -0.39 is 54.2 Å². The van der Waals surface area contributed by atoms with Gasteiger partial charge < -0.3 is 33.2 Å². The number of sulfonamides is 1. The standard InChI is InChI=1S/C18H23F4N2O9PS/c19-13-2-1-3-14(10-13)35(29,30)24-8-9-31-17(12-24)4-6-23(7-5-17)16(25)33-15(18(20,21)22)11-32-34(26,27)28/h1-3,10,15H,4-9,11-12H2,(H2,26,27,28)/p-2/t15-/m1/s1. The van der Waals surface area contributed by atoms with Crippen molar-refractivity contribution in [2.75, 3.05) is 39.4 Å². The predicted molar refractivity (Wildman–Crippen MR) is 105 cm³/mol. The fourth-order valence-corrected chi connectivity index (χ4v) is 5.59. The van der Waals surface area contributed by atoms with Gasteiger partial charge in [0.15, 0.2) is 0 Å². The molecule has 2 heterocycles. The summed E-state index contributed by atoms with van der Waals surface area (Å²) in [4.78, 5) is 33.9. The summed E-state index contributed by atoms with van der Waals surface area (Å²) in [6.07, 6.45) is -9.49. The van der Waals surface area contributed by atoms with Crippen molar-refractivity contribution in [3.8, 4) is 0 Å². The summed E-state index contributed by atoms with van der Waals surface area (Å²) in [7, 11) is -9.77. The number of ether oxygens (including phenoxy) is 2. The van der Waals surface area contributed by atoms with Crippen LogP contribution in [0.25, 0.3) is 0 Å². The predicted octanol–water partition coefficient (Wildman–Crippen LogP) is 0.594. The zero-order valence-corrected chi connectivity index (χ0v) is 19.7. The van der Waals surface area contributed by atoms with Crippen LogP contribution in [0.2, 0.25) is 0 Å². The fraction of sp³-hybridized carbons (Fsp3) is 0.611. The number of hydrogen-bond acceptors (Lipinski definition) is 9. The molecule has 1 spiro atoms. The molecular formula is C18H21F4N2O9PS-2. The van der Waals surface area contributed by atoms with Crippen LogP contribution >= 0.6 is 7.82 Å². The number of hydrogen-bond donors (Lipinski definition) is 0. The molecule has 0 N–H and O–H groups in total. The van der Waals surface area contributed by atoms with Gasteiger partial charge in [-0.3, -0.25) is 0 Å². The Morgan fingerprint density at radius 2 is 1.89 bits per heavy atom. The van der Waals surface area contributed by atoms with Gasteiger partial charge in [0.25, 0.3) is 0 Å². The second-order valence-electron chi connectivity index (χ2n) is 7.97. The monoisotopic (exact) mass is 548 g/mol. The lowest BCUT2D eigenvalue weighted by Gasteiger charge is -2.46. The van der Waals surface area contributed by atoms with Gasteiger partial charge in [-0.1, -0.05) is 6.07 Å². The van der Waals surface area contributed by atoms with Crippen LogP contribution in [0.4, 0.5) is 22.4 Å². The molecule has 1 atom stereocenters. The molecule has 0 saturated carbocycles. The number of carbonyl (C=O) groups is 1. The number of halogens is 4. The van der Waals surface area contributed by atoms with E-state index in [2.05, 4.69) is 9.26 Å². The van der Waals surface area contributed by atoms with Crippen LogP contribution in [-0.2, 0) is 28.6 Å². The topological polar surface area (TPSA) is 149 Å². The minimum Gasteiger partial charge on any atom is -0.790 e. The first-order chi connectivity index (χ1) is 16.1. The molecule has 198 valence electrons. The number of amides is 1. The van der Waals surface area contributed by atoms with E-state index in [9.17, 15) is 45.1 Å². The highest BCUT2D eigenvalue weighted by atomic mass is 32.2. The smallest absolute Gasteiger partial charge is 0.427 e. The Balaban J connectivity index is 1.62. The van der Waals surface area contributed by atoms with E-state index in [0.29, 0.717) is 0 Å². The molecule has 0 bridgehead atoms. The van der Waals surface area contributed by atoms with Crippen molar-refractivity contribution in [1.29, 1.82) is 0 Å². The van der Waals surface area contributed by atoms with Crippen molar-refractivity contribution in [3.05, 3.63) is 30.1 Å². The number of rotatable bonds is 6. The first-order valence-corrected chi connectivity index (χ1v) is 13.1. The van der Waals surface area contributed by atoms with Gasteiger partial charge in [0.1, 0.15) is 5.82 Å². The van der Waals surface area contributed by atoms with Crippen LogP contribution in [0.3, 0.4) is 0 Å². The van der Waals surface area contributed by atoms with Crippen molar-refractivity contribution in [3.63, 3.8) is 0 Å². The molecule has 2 aliphatic heterocycles. The van der Waals surface area contributed by atoms with Crippen molar-refractivity contribution in [2.24, 2.45) is 0 Å². The molecule has 0 aromatic heterocycles. The van der Waals surface area contributed by atoms with E-state index in [-0.39, 0.29) is 50.5 Å². The molecule has 2 fully saturated rings. The number of morpholine rings is 1. The highest BCUT2D eigenvalue weighted by Gasteiger charge is 2.47. The third-order valence-corrected chi connectivity index (χ3v) is 7.88. The van der Waals surface area contributed by atoms with Crippen LogP contribution in [0.15, 0.2) is 29.2 Å². The highest BCUT2D eigenvalue weighted by molar-refractivity contribution is 7.89. The first kappa shape index (κ1) is 27.8. The number of nitrogens with zero attached hydrogens (tertiary/aromatic N) is 2. The molecule has 17 heteroatoms. The van der Waals surface area contributed by atoms with Gasteiger partial charge in [-0.05, 0) is 31.0 Å². The van der Waals surface area contributed by atoms with Gasteiger partial charge >= 0.3 is 12.3 Å². The average molecular weight is 548 g/mol. The second kappa shape index (κ2) is 10.3. The number of piperidine rings is 1. The maximum absolute atomic E-state index is 13.5. The van der Waals surface area contributed by atoms with Gasteiger partial charge in [-0.2, -0.15) is 17.5 Å². The Kier molecular flexibility index (Phi) is 8.16. The Hall–Kier alpha value is -1.81. The highest BCUT2D eigenvalue weighted by Crippen LogP contribution is 2.34. The number of phosphoric ester groups is 1. The summed E-state index contributed by atoms with van der Waals surface area (Å²) in [6.45, 7) is -2.12. The van der Waals surface area contributed by atoms with Crippen molar-refractivity contribution in [1.82, 2.24) is 9.21 Å². The minimum absolute atomic E-state index is 0.00288. The van der Waals surface area contributed by atoms with Crippen LogP contribution in [0.5, 0.6) is 0 Å². The zero-order chi connectivity index (χ0) is 26.1.